The lowest BCUT2D eigenvalue weighted by Gasteiger charge is -2.13. The fourth-order valence-electron chi connectivity index (χ4n) is 1.65. The van der Waals surface area contributed by atoms with Gasteiger partial charge >= 0.3 is 23.9 Å². The van der Waals surface area contributed by atoms with E-state index >= 15 is 0 Å². The topological polar surface area (TPSA) is 140 Å². The summed E-state index contributed by atoms with van der Waals surface area (Å²) in [5.74, 6) is -4.27. The molecule has 2 N–H and O–H groups in total. The van der Waals surface area contributed by atoms with Crippen molar-refractivity contribution in [2.24, 2.45) is 0 Å². The summed E-state index contributed by atoms with van der Waals surface area (Å²) >= 11 is 0. The highest BCUT2D eigenvalue weighted by atomic mass is 16.5. The van der Waals surface area contributed by atoms with Crippen LogP contribution in [0.3, 0.4) is 0 Å². The molecule has 0 amide bonds. The number of carboxylic acid groups (broad SMARTS) is 2. The number of rotatable bonds is 6. The maximum atomic E-state index is 11.4. The molecule has 0 fully saturated rings. The number of nitrogens with zero attached hydrogens (tertiary/aromatic N) is 1. The number of pyridine rings is 1. The minimum atomic E-state index is -1.47. The van der Waals surface area contributed by atoms with Crippen LogP contribution in [0.15, 0.2) is 6.20 Å². The summed E-state index contributed by atoms with van der Waals surface area (Å²) in [6.07, 6.45) is 0.993. The summed E-state index contributed by atoms with van der Waals surface area (Å²) in [5, 5.41) is 18.3. The maximum absolute atomic E-state index is 11.4. The van der Waals surface area contributed by atoms with Gasteiger partial charge in [0, 0.05) is 31.2 Å². The van der Waals surface area contributed by atoms with Crippen LogP contribution >= 0.6 is 0 Å². The van der Waals surface area contributed by atoms with Crippen molar-refractivity contribution < 1.29 is 38.9 Å². The van der Waals surface area contributed by atoms with Gasteiger partial charge < -0.3 is 19.7 Å². The van der Waals surface area contributed by atoms with E-state index in [-0.39, 0.29) is 11.1 Å². The lowest BCUT2D eigenvalue weighted by atomic mass is 10.0. The molecule has 1 aromatic rings. The molecule has 0 bridgehead atoms. The smallest absolute Gasteiger partial charge is 0.354 e. The summed E-state index contributed by atoms with van der Waals surface area (Å²) in [7, 11) is 0. The van der Waals surface area contributed by atoms with Crippen LogP contribution in [0, 0.1) is 0 Å². The fourth-order valence-corrected chi connectivity index (χ4v) is 1.65. The Kier molecular flexibility index (Phi) is 5.56. The van der Waals surface area contributed by atoms with Crippen LogP contribution in [0.5, 0.6) is 0 Å². The van der Waals surface area contributed by atoms with Crippen LogP contribution in [-0.2, 0) is 32.3 Å². The Bertz CT molecular complexity index is 637. The zero-order valence-corrected chi connectivity index (χ0v) is 11.8. The second kappa shape index (κ2) is 7.16. The van der Waals surface area contributed by atoms with Crippen molar-refractivity contribution in [3.05, 3.63) is 28.6 Å². The first kappa shape index (κ1) is 17.1. The molecule has 0 aliphatic carbocycles. The normalized spacial score (nSPS) is 9.91. The number of aromatic nitrogens is 1. The van der Waals surface area contributed by atoms with E-state index in [0.29, 0.717) is 0 Å². The van der Waals surface area contributed by atoms with Crippen molar-refractivity contribution in [3.8, 4) is 0 Å². The molecule has 0 saturated heterocycles. The fraction of sp³-hybridized carbons (Fsp3) is 0.308. The molecule has 0 atom stereocenters. The van der Waals surface area contributed by atoms with Gasteiger partial charge in [-0.25, -0.2) is 14.6 Å². The van der Waals surface area contributed by atoms with Gasteiger partial charge in [-0.2, -0.15) is 0 Å². The van der Waals surface area contributed by atoms with Crippen molar-refractivity contribution in [2.45, 2.75) is 27.1 Å². The van der Waals surface area contributed by atoms with Crippen molar-refractivity contribution in [1.29, 1.82) is 0 Å². The number of esters is 2. The minimum Gasteiger partial charge on any atom is -0.478 e. The lowest BCUT2D eigenvalue weighted by molar-refractivity contribution is -0.142. The van der Waals surface area contributed by atoms with Gasteiger partial charge in [0.15, 0.2) is 5.69 Å². The quantitative estimate of drug-likeness (QED) is 0.722. The van der Waals surface area contributed by atoms with Gasteiger partial charge in [0.1, 0.15) is 13.2 Å². The summed E-state index contributed by atoms with van der Waals surface area (Å²) in [6, 6.07) is 0. The number of hydrogen-bond donors (Lipinski definition) is 2. The van der Waals surface area contributed by atoms with Gasteiger partial charge in [-0.3, -0.25) is 9.59 Å². The van der Waals surface area contributed by atoms with Gasteiger partial charge in [-0.15, -0.1) is 0 Å². The number of hydrogen-bond acceptors (Lipinski definition) is 7. The second-order valence-electron chi connectivity index (χ2n) is 4.16. The third kappa shape index (κ3) is 4.27. The van der Waals surface area contributed by atoms with Crippen molar-refractivity contribution in [1.82, 2.24) is 4.98 Å². The van der Waals surface area contributed by atoms with Crippen LogP contribution in [-0.4, -0.2) is 39.1 Å². The second-order valence-corrected chi connectivity index (χ2v) is 4.16. The van der Waals surface area contributed by atoms with Gasteiger partial charge in [-0.05, 0) is 0 Å². The van der Waals surface area contributed by atoms with Crippen molar-refractivity contribution >= 4 is 23.9 Å². The van der Waals surface area contributed by atoms with Crippen LogP contribution in [0.4, 0.5) is 0 Å². The standard InChI is InChI=1S/C13H13NO8/c1-6(15)21-4-8-3-14-11(13(19)20)9(5-22-7(2)16)10(8)12(17)18/h3H,4-5H2,1-2H3,(H,17,18)(H,19,20). The molecule has 0 aliphatic rings. The van der Waals surface area contributed by atoms with Gasteiger partial charge in [0.2, 0.25) is 0 Å². The van der Waals surface area contributed by atoms with E-state index < -0.39 is 48.3 Å². The van der Waals surface area contributed by atoms with E-state index in [1.54, 1.807) is 0 Å². The largest absolute Gasteiger partial charge is 0.478 e. The van der Waals surface area contributed by atoms with E-state index in [2.05, 4.69) is 9.72 Å². The van der Waals surface area contributed by atoms with Crippen LogP contribution in [0.1, 0.15) is 45.8 Å². The maximum Gasteiger partial charge on any atom is 0.354 e. The molecule has 9 heteroatoms. The molecule has 1 rings (SSSR count). The number of carbonyl (C=O) groups is 4. The number of ether oxygens (including phenoxy) is 2. The Labute approximate surface area is 124 Å². The molecule has 0 saturated carbocycles. The Hall–Kier alpha value is -2.97. The zero-order chi connectivity index (χ0) is 16.9. The Morgan fingerprint density at radius 3 is 2.00 bits per heavy atom. The number of carboxylic acids is 2. The highest BCUT2D eigenvalue weighted by Crippen LogP contribution is 2.20. The Balaban J connectivity index is 3.39. The van der Waals surface area contributed by atoms with Gasteiger partial charge in [-0.1, -0.05) is 0 Å². The van der Waals surface area contributed by atoms with Crippen molar-refractivity contribution in [2.75, 3.05) is 0 Å². The molecule has 0 aliphatic heterocycles. The first-order valence-corrected chi connectivity index (χ1v) is 5.98. The first-order valence-electron chi connectivity index (χ1n) is 5.98. The van der Waals surface area contributed by atoms with E-state index in [1.165, 1.54) is 0 Å². The highest BCUT2D eigenvalue weighted by molar-refractivity contribution is 5.96. The molecule has 0 aromatic carbocycles. The molecule has 22 heavy (non-hydrogen) atoms. The monoisotopic (exact) mass is 311 g/mol. The van der Waals surface area contributed by atoms with E-state index in [1.807, 2.05) is 0 Å². The molecule has 0 unspecified atom stereocenters. The predicted octanol–water partition coefficient (Wildman–Crippen LogP) is 0.604. The molecule has 9 nitrogen and oxygen atoms in total. The minimum absolute atomic E-state index is 0.00477. The molecule has 1 aromatic heterocycles. The average Bonchev–Trinajstić information content (AvgIpc) is 2.41. The summed E-state index contributed by atoms with van der Waals surface area (Å²) in [5.41, 5.74) is -1.25. The Morgan fingerprint density at radius 1 is 1.00 bits per heavy atom. The average molecular weight is 311 g/mol. The van der Waals surface area contributed by atoms with Crippen LogP contribution in [0.2, 0.25) is 0 Å². The van der Waals surface area contributed by atoms with E-state index in [4.69, 9.17) is 9.84 Å². The van der Waals surface area contributed by atoms with E-state index in [0.717, 1.165) is 20.0 Å². The summed E-state index contributed by atoms with van der Waals surface area (Å²) in [6.45, 7) is 1.27. The van der Waals surface area contributed by atoms with Gasteiger partial charge in [0.25, 0.3) is 0 Å². The predicted molar refractivity (Wildman–Crippen MR) is 69.1 cm³/mol. The molecule has 0 spiro atoms. The lowest BCUT2D eigenvalue weighted by Crippen LogP contribution is -2.17. The summed E-state index contributed by atoms with van der Waals surface area (Å²) < 4.78 is 9.38. The van der Waals surface area contributed by atoms with Crippen molar-refractivity contribution in [3.63, 3.8) is 0 Å². The molecule has 0 radical (unpaired) electrons. The third-order valence-electron chi connectivity index (χ3n) is 2.53. The molecular formula is C13H13NO8. The number of carbonyl (C=O) groups excluding carboxylic acids is 2. The number of aromatic carboxylic acids is 2. The van der Waals surface area contributed by atoms with Crippen LogP contribution in [0.25, 0.3) is 0 Å². The first-order chi connectivity index (χ1) is 10.2. The Morgan fingerprint density at radius 2 is 1.55 bits per heavy atom. The third-order valence-corrected chi connectivity index (χ3v) is 2.53. The van der Waals surface area contributed by atoms with Crippen LogP contribution < -0.4 is 0 Å². The zero-order valence-electron chi connectivity index (χ0n) is 11.8. The van der Waals surface area contributed by atoms with Gasteiger partial charge in [0.05, 0.1) is 5.56 Å². The highest BCUT2D eigenvalue weighted by Gasteiger charge is 2.24. The van der Waals surface area contributed by atoms with E-state index in [9.17, 15) is 24.3 Å². The molecule has 1 heterocycles. The summed E-state index contributed by atoms with van der Waals surface area (Å²) in [4.78, 5) is 47.9. The SMILES string of the molecule is CC(=O)OCc1cnc(C(=O)O)c(COC(C)=O)c1C(=O)O. The molecular weight excluding hydrogens is 298 g/mol. The molecule has 118 valence electrons.